The fourth-order valence-electron chi connectivity index (χ4n) is 2.39. The van der Waals surface area contributed by atoms with E-state index in [0.717, 1.165) is 19.1 Å². The maximum atomic E-state index is 12.1. The van der Waals surface area contributed by atoms with Crippen molar-refractivity contribution in [2.75, 3.05) is 24.7 Å². The molecule has 1 saturated carbocycles. The molecule has 1 aliphatic carbocycles. The molecule has 1 N–H and O–H groups in total. The minimum atomic E-state index is -3.32. The van der Waals surface area contributed by atoms with Gasteiger partial charge in [-0.25, -0.2) is 13.2 Å². The lowest BCUT2D eigenvalue weighted by atomic mass is 10.1. The number of rotatable bonds is 8. The molecule has 0 radical (unpaired) electrons. The number of hydrogen-bond acceptors (Lipinski definition) is 5. The average molecular weight is 354 g/mol. The molecule has 0 saturated heterocycles. The molecule has 0 heterocycles. The van der Waals surface area contributed by atoms with Crippen molar-refractivity contribution in [2.24, 2.45) is 0 Å². The Balaban J connectivity index is 1.99. The molecule has 0 atom stereocenters. The van der Waals surface area contributed by atoms with E-state index < -0.39 is 16.0 Å². The van der Waals surface area contributed by atoms with Crippen LogP contribution in [0.25, 0.3) is 0 Å². The second kappa shape index (κ2) is 7.76. The van der Waals surface area contributed by atoms with Crippen LogP contribution in [0.15, 0.2) is 24.3 Å². The molecule has 0 aliphatic heterocycles. The minimum absolute atomic E-state index is 0.0135. The Morgan fingerprint density at radius 2 is 1.96 bits per heavy atom. The van der Waals surface area contributed by atoms with Crippen LogP contribution in [0.3, 0.4) is 0 Å². The van der Waals surface area contributed by atoms with Gasteiger partial charge in [0.05, 0.1) is 24.1 Å². The summed E-state index contributed by atoms with van der Waals surface area (Å²) in [5.74, 6) is -0.856. The summed E-state index contributed by atoms with van der Waals surface area (Å²) in [5, 5.41) is 2.65. The van der Waals surface area contributed by atoms with Gasteiger partial charge in [0.1, 0.15) is 0 Å². The molecule has 0 bridgehead atoms. The van der Waals surface area contributed by atoms with Gasteiger partial charge in [0.25, 0.3) is 0 Å². The quantitative estimate of drug-likeness (QED) is 0.716. The highest BCUT2D eigenvalue weighted by Crippen LogP contribution is 2.29. The number of nitrogens with one attached hydrogen (secondary N) is 1. The Labute approximate surface area is 142 Å². The normalized spacial score (nSPS) is 14.5. The lowest BCUT2D eigenvalue weighted by Crippen LogP contribution is -2.34. The highest BCUT2D eigenvalue weighted by Gasteiger charge is 2.34. The van der Waals surface area contributed by atoms with E-state index in [0.29, 0.717) is 5.69 Å². The Morgan fingerprint density at radius 1 is 1.29 bits per heavy atom. The van der Waals surface area contributed by atoms with Gasteiger partial charge in [-0.1, -0.05) is 12.1 Å². The van der Waals surface area contributed by atoms with Gasteiger partial charge in [-0.2, -0.15) is 4.31 Å². The largest absolute Gasteiger partial charge is 0.462 e. The molecule has 132 valence electrons. The minimum Gasteiger partial charge on any atom is -0.462 e. The van der Waals surface area contributed by atoms with E-state index >= 15 is 0 Å². The van der Waals surface area contributed by atoms with Crippen LogP contribution in [0.2, 0.25) is 0 Å². The van der Waals surface area contributed by atoms with Crippen LogP contribution in [0.4, 0.5) is 5.69 Å². The van der Waals surface area contributed by atoms with Crippen molar-refractivity contribution < 1.29 is 22.7 Å². The van der Waals surface area contributed by atoms with Crippen molar-refractivity contribution in [1.82, 2.24) is 4.31 Å². The molecule has 8 heteroatoms. The Bertz CT molecular complexity index is 713. The van der Waals surface area contributed by atoms with Crippen LogP contribution in [-0.4, -0.2) is 50.0 Å². The molecule has 1 amide bonds. The Hall–Kier alpha value is -1.93. The zero-order valence-corrected chi connectivity index (χ0v) is 14.6. The van der Waals surface area contributed by atoms with Gasteiger partial charge in [0.2, 0.25) is 15.9 Å². The predicted molar refractivity (Wildman–Crippen MR) is 90.2 cm³/mol. The first-order valence-electron chi connectivity index (χ1n) is 7.85. The van der Waals surface area contributed by atoms with Crippen molar-refractivity contribution in [3.05, 3.63) is 29.8 Å². The molecule has 0 unspecified atom stereocenters. The summed E-state index contributed by atoms with van der Waals surface area (Å²) in [6.07, 6.45) is 2.85. The summed E-state index contributed by atoms with van der Waals surface area (Å²) in [6, 6.07) is 6.57. The van der Waals surface area contributed by atoms with Gasteiger partial charge in [-0.3, -0.25) is 4.79 Å². The van der Waals surface area contributed by atoms with E-state index in [9.17, 15) is 18.0 Å². The van der Waals surface area contributed by atoms with Gasteiger partial charge in [0, 0.05) is 19.0 Å². The first-order valence-corrected chi connectivity index (χ1v) is 9.70. The van der Waals surface area contributed by atoms with Crippen LogP contribution in [0.1, 0.15) is 36.5 Å². The van der Waals surface area contributed by atoms with E-state index in [1.165, 1.54) is 4.31 Å². The number of amides is 1. The first kappa shape index (κ1) is 18.4. The van der Waals surface area contributed by atoms with Crippen molar-refractivity contribution in [3.8, 4) is 0 Å². The van der Waals surface area contributed by atoms with Crippen LogP contribution < -0.4 is 5.32 Å². The highest BCUT2D eigenvalue weighted by molar-refractivity contribution is 7.88. The van der Waals surface area contributed by atoms with E-state index in [2.05, 4.69) is 5.32 Å². The second-order valence-electron chi connectivity index (χ2n) is 5.67. The lowest BCUT2D eigenvalue weighted by molar-refractivity contribution is -0.116. The second-order valence-corrected chi connectivity index (χ2v) is 7.60. The molecular weight excluding hydrogens is 332 g/mol. The molecular formula is C16H22N2O5S. The maximum absolute atomic E-state index is 12.1. The number of anilines is 1. The van der Waals surface area contributed by atoms with E-state index in [1.54, 1.807) is 31.2 Å². The summed E-state index contributed by atoms with van der Waals surface area (Å²) in [5.41, 5.74) is 0.633. The Morgan fingerprint density at radius 3 is 2.54 bits per heavy atom. The van der Waals surface area contributed by atoms with Gasteiger partial charge in [-0.15, -0.1) is 0 Å². The smallest absolute Gasteiger partial charge is 0.340 e. The summed E-state index contributed by atoms with van der Waals surface area (Å²) in [6.45, 7) is 2.08. The van der Waals surface area contributed by atoms with E-state index in [4.69, 9.17) is 4.74 Å². The number of ether oxygens (including phenoxy) is 1. The zero-order chi connectivity index (χ0) is 17.7. The number of carbonyl (C=O) groups excluding carboxylic acids is 2. The predicted octanol–water partition coefficient (Wildman–Crippen LogP) is 1.62. The van der Waals surface area contributed by atoms with Crippen molar-refractivity contribution in [3.63, 3.8) is 0 Å². The monoisotopic (exact) mass is 354 g/mol. The number of nitrogens with zero attached hydrogens (tertiary/aromatic N) is 1. The number of esters is 1. The molecule has 1 fully saturated rings. The lowest BCUT2D eigenvalue weighted by Gasteiger charge is -2.19. The van der Waals surface area contributed by atoms with Gasteiger partial charge >= 0.3 is 5.97 Å². The number of sulfonamides is 1. The third-order valence-corrected chi connectivity index (χ3v) is 4.97. The maximum Gasteiger partial charge on any atom is 0.340 e. The molecule has 0 aromatic heterocycles. The molecule has 24 heavy (non-hydrogen) atoms. The van der Waals surface area contributed by atoms with E-state index in [-0.39, 0.29) is 37.1 Å². The zero-order valence-electron chi connectivity index (χ0n) is 13.8. The molecule has 1 aromatic carbocycles. The molecule has 7 nitrogen and oxygen atoms in total. The van der Waals surface area contributed by atoms with Crippen molar-refractivity contribution in [2.45, 2.75) is 32.2 Å². The van der Waals surface area contributed by atoms with Crippen LogP contribution in [-0.2, 0) is 19.6 Å². The highest BCUT2D eigenvalue weighted by atomic mass is 32.2. The van der Waals surface area contributed by atoms with Gasteiger partial charge in [-0.05, 0) is 31.9 Å². The third kappa shape index (κ3) is 5.04. The summed E-state index contributed by atoms with van der Waals surface area (Å²) < 4.78 is 29.8. The van der Waals surface area contributed by atoms with Crippen LogP contribution in [0, 0.1) is 0 Å². The van der Waals surface area contributed by atoms with Crippen molar-refractivity contribution >= 4 is 27.6 Å². The fourth-order valence-corrected chi connectivity index (χ4v) is 3.56. The average Bonchev–Trinajstić information content (AvgIpc) is 3.31. The van der Waals surface area contributed by atoms with Gasteiger partial charge in [0.15, 0.2) is 0 Å². The Kier molecular flexibility index (Phi) is 5.95. The summed E-state index contributed by atoms with van der Waals surface area (Å²) >= 11 is 0. The SMILES string of the molecule is CCOC(=O)c1ccccc1NC(=O)CCN(C1CC1)S(C)(=O)=O. The molecule has 1 aromatic rings. The number of hydrogen-bond donors (Lipinski definition) is 1. The molecule has 2 rings (SSSR count). The standard InChI is InChI=1S/C16H22N2O5S/c1-3-23-16(20)13-6-4-5-7-14(13)17-15(19)10-11-18(12-8-9-12)24(2,21)22/h4-7,12H,3,8-11H2,1-2H3,(H,17,19). The summed E-state index contributed by atoms with van der Waals surface area (Å²) in [7, 11) is -3.32. The molecule has 0 spiro atoms. The van der Waals surface area contributed by atoms with Crippen LogP contribution in [0.5, 0.6) is 0 Å². The molecule has 1 aliphatic rings. The fraction of sp³-hybridized carbons (Fsp3) is 0.500. The number of benzene rings is 1. The summed E-state index contributed by atoms with van der Waals surface area (Å²) in [4.78, 5) is 24.0. The van der Waals surface area contributed by atoms with E-state index in [1.807, 2.05) is 0 Å². The van der Waals surface area contributed by atoms with Gasteiger partial charge < -0.3 is 10.1 Å². The number of para-hydroxylation sites is 1. The topological polar surface area (TPSA) is 92.8 Å². The first-order chi connectivity index (χ1) is 11.3. The van der Waals surface area contributed by atoms with Crippen LogP contribution >= 0.6 is 0 Å². The third-order valence-electron chi connectivity index (χ3n) is 3.64. The number of carbonyl (C=O) groups is 2. The van der Waals surface area contributed by atoms with Crippen molar-refractivity contribution in [1.29, 1.82) is 0 Å².